The van der Waals surface area contributed by atoms with Gasteiger partial charge < -0.3 is 8.85 Å². The molecule has 3 heteroatoms. The second-order valence-corrected chi connectivity index (χ2v) is 8.86. The predicted molar refractivity (Wildman–Crippen MR) is 63.8 cm³/mol. The zero-order valence-corrected chi connectivity index (χ0v) is 11.6. The van der Waals surface area contributed by atoms with Crippen molar-refractivity contribution >= 4 is 8.56 Å². The molecule has 0 amide bonds. The number of hydrogen-bond donors (Lipinski definition) is 0. The molecule has 0 atom stereocenters. The fourth-order valence-corrected chi connectivity index (χ4v) is 3.20. The summed E-state index contributed by atoms with van der Waals surface area (Å²) in [6.45, 7) is 14.7. The van der Waals surface area contributed by atoms with Gasteiger partial charge in [-0.3, -0.25) is 0 Å². The summed E-state index contributed by atoms with van der Waals surface area (Å²) in [4.78, 5) is 0. The van der Waals surface area contributed by atoms with Crippen LogP contribution in [0.3, 0.4) is 0 Å². The van der Waals surface area contributed by atoms with Crippen molar-refractivity contribution in [2.24, 2.45) is 0 Å². The van der Waals surface area contributed by atoms with Crippen molar-refractivity contribution < 1.29 is 8.85 Å². The van der Waals surface area contributed by atoms with Crippen LogP contribution in [-0.2, 0) is 8.85 Å². The van der Waals surface area contributed by atoms with E-state index in [0.717, 1.165) is 26.1 Å². The van der Waals surface area contributed by atoms with E-state index in [1.165, 1.54) is 0 Å². The van der Waals surface area contributed by atoms with E-state index in [1.54, 1.807) is 0 Å². The largest absolute Gasteiger partial charge is 0.394 e. The molecule has 0 N–H and O–H groups in total. The third-order valence-electron chi connectivity index (χ3n) is 2.53. The maximum absolute atomic E-state index is 5.96. The highest BCUT2D eigenvalue weighted by Gasteiger charge is 2.44. The minimum Gasteiger partial charge on any atom is -0.394 e. The first kappa shape index (κ1) is 14.1. The van der Waals surface area contributed by atoms with Crippen LogP contribution < -0.4 is 0 Å². The fourth-order valence-electron chi connectivity index (χ4n) is 1.07. The minimum atomic E-state index is -1.99. The fraction of sp³-hybridized carbons (Fsp3) is 1.00. The second kappa shape index (κ2) is 5.88. The Bertz CT molecular complexity index is 144. The molecule has 2 nitrogen and oxygen atoms in total. The summed E-state index contributed by atoms with van der Waals surface area (Å²) in [6, 6.07) is 0. The van der Waals surface area contributed by atoms with E-state index >= 15 is 0 Å². The van der Waals surface area contributed by atoms with Crippen molar-refractivity contribution in [3.8, 4) is 0 Å². The Morgan fingerprint density at radius 3 is 1.50 bits per heavy atom. The summed E-state index contributed by atoms with van der Waals surface area (Å²) in [5, 5.41) is 0.150. The second-order valence-electron chi connectivity index (χ2n) is 4.89. The molecule has 0 spiro atoms. The van der Waals surface area contributed by atoms with E-state index < -0.39 is 8.56 Å². The first-order chi connectivity index (χ1) is 6.37. The van der Waals surface area contributed by atoms with Crippen LogP contribution in [-0.4, -0.2) is 21.8 Å². The van der Waals surface area contributed by atoms with Crippen molar-refractivity contribution in [3.05, 3.63) is 0 Å². The molecule has 0 radical (unpaired) electrons. The van der Waals surface area contributed by atoms with Gasteiger partial charge >= 0.3 is 8.56 Å². The molecule has 0 aliphatic heterocycles. The Morgan fingerprint density at radius 2 is 1.29 bits per heavy atom. The molecule has 0 saturated carbocycles. The summed E-state index contributed by atoms with van der Waals surface area (Å²) in [7, 11) is -1.99. The molecule has 0 aliphatic carbocycles. The van der Waals surface area contributed by atoms with Crippen LogP contribution in [0.2, 0.25) is 11.6 Å². The van der Waals surface area contributed by atoms with Gasteiger partial charge in [-0.25, -0.2) is 0 Å². The lowest BCUT2D eigenvalue weighted by atomic mass is 10.3. The highest BCUT2D eigenvalue weighted by Crippen LogP contribution is 2.37. The third kappa shape index (κ3) is 4.11. The molecule has 0 aliphatic rings. The molecule has 0 heterocycles. The molecule has 0 unspecified atom stereocenters. The van der Waals surface area contributed by atoms with Crippen molar-refractivity contribution in [2.45, 2.75) is 59.0 Å². The Kier molecular flexibility index (Phi) is 5.94. The summed E-state index contributed by atoms with van der Waals surface area (Å²) in [6.07, 6.45) is 2.13. The van der Waals surface area contributed by atoms with Crippen LogP contribution in [0, 0.1) is 0 Å². The lowest BCUT2D eigenvalue weighted by Gasteiger charge is -2.38. The summed E-state index contributed by atoms with van der Waals surface area (Å²) < 4.78 is 11.9. The van der Waals surface area contributed by atoms with Gasteiger partial charge in [0.1, 0.15) is 0 Å². The molecular weight excluding hydrogens is 192 g/mol. The van der Waals surface area contributed by atoms with E-state index in [2.05, 4.69) is 41.2 Å². The topological polar surface area (TPSA) is 18.5 Å². The van der Waals surface area contributed by atoms with Crippen molar-refractivity contribution in [1.29, 1.82) is 0 Å². The van der Waals surface area contributed by atoms with E-state index in [-0.39, 0.29) is 5.04 Å². The van der Waals surface area contributed by atoms with Crippen LogP contribution in [0.25, 0.3) is 0 Å². The van der Waals surface area contributed by atoms with Gasteiger partial charge in [-0.1, -0.05) is 34.6 Å². The third-order valence-corrected chi connectivity index (χ3v) is 6.76. The first-order valence-electron chi connectivity index (χ1n) is 5.65. The highest BCUT2D eigenvalue weighted by molar-refractivity contribution is 6.69. The van der Waals surface area contributed by atoms with Gasteiger partial charge in [0.25, 0.3) is 0 Å². The summed E-state index contributed by atoms with van der Waals surface area (Å²) in [5.41, 5.74) is 0. The maximum Gasteiger partial charge on any atom is 0.340 e. The highest BCUT2D eigenvalue weighted by atomic mass is 28.4. The quantitative estimate of drug-likeness (QED) is 0.633. The smallest absolute Gasteiger partial charge is 0.340 e. The lowest BCUT2D eigenvalue weighted by molar-refractivity contribution is 0.153. The number of hydrogen-bond acceptors (Lipinski definition) is 2. The van der Waals surface area contributed by atoms with Gasteiger partial charge in [-0.05, 0) is 19.4 Å². The molecule has 0 rings (SSSR count). The van der Waals surface area contributed by atoms with Gasteiger partial charge in [0.2, 0.25) is 0 Å². The minimum absolute atomic E-state index is 0.150. The van der Waals surface area contributed by atoms with E-state index in [9.17, 15) is 0 Å². The van der Waals surface area contributed by atoms with Gasteiger partial charge in [0.05, 0.1) is 0 Å². The van der Waals surface area contributed by atoms with E-state index in [0.29, 0.717) is 0 Å². The van der Waals surface area contributed by atoms with Gasteiger partial charge in [0.15, 0.2) is 0 Å². The Hall–Kier alpha value is 0.137. The molecule has 0 aromatic heterocycles. The standard InChI is InChI=1S/C11H26O2Si/c1-7-9-12-14(6,11(3,4)5)13-10-8-2/h7-10H2,1-6H3. The molecule has 86 valence electrons. The number of rotatable bonds is 6. The predicted octanol–water partition coefficient (Wildman–Crippen LogP) is 3.71. The molecule has 14 heavy (non-hydrogen) atoms. The van der Waals surface area contributed by atoms with Crippen LogP contribution in [0.15, 0.2) is 0 Å². The molecule has 0 saturated heterocycles. The van der Waals surface area contributed by atoms with Gasteiger partial charge in [-0.15, -0.1) is 0 Å². The van der Waals surface area contributed by atoms with E-state index in [4.69, 9.17) is 8.85 Å². The lowest BCUT2D eigenvalue weighted by Crippen LogP contribution is -2.47. The SMILES string of the molecule is CCCO[Si](C)(OCCC)C(C)(C)C. The van der Waals surface area contributed by atoms with Gasteiger partial charge in [0, 0.05) is 18.3 Å². The normalized spacial score (nSPS) is 13.3. The molecular formula is C11H26O2Si. The first-order valence-corrected chi connectivity index (χ1v) is 7.97. The Morgan fingerprint density at radius 1 is 0.929 bits per heavy atom. The molecule has 0 bridgehead atoms. The monoisotopic (exact) mass is 218 g/mol. The Balaban J connectivity index is 4.33. The van der Waals surface area contributed by atoms with Crippen LogP contribution in [0.5, 0.6) is 0 Å². The molecule has 0 fully saturated rings. The van der Waals surface area contributed by atoms with Crippen LogP contribution in [0.1, 0.15) is 47.5 Å². The van der Waals surface area contributed by atoms with Crippen molar-refractivity contribution in [3.63, 3.8) is 0 Å². The molecule has 0 aromatic carbocycles. The van der Waals surface area contributed by atoms with Crippen molar-refractivity contribution in [2.75, 3.05) is 13.2 Å². The average Bonchev–Trinajstić information content (AvgIpc) is 2.09. The van der Waals surface area contributed by atoms with Crippen LogP contribution >= 0.6 is 0 Å². The molecule has 0 aromatic rings. The summed E-state index contributed by atoms with van der Waals surface area (Å²) >= 11 is 0. The van der Waals surface area contributed by atoms with Gasteiger partial charge in [-0.2, -0.15) is 0 Å². The zero-order chi connectivity index (χ0) is 11.2. The van der Waals surface area contributed by atoms with Crippen LogP contribution in [0.4, 0.5) is 0 Å². The summed E-state index contributed by atoms with van der Waals surface area (Å²) in [5.74, 6) is 0. The zero-order valence-electron chi connectivity index (χ0n) is 10.6. The van der Waals surface area contributed by atoms with Crippen molar-refractivity contribution in [1.82, 2.24) is 0 Å². The Labute approximate surface area is 90.2 Å². The van der Waals surface area contributed by atoms with E-state index in [1.807, 2.05) is 0 Å². The maximum atomic E-state index is 5.96. The average molecular weight is 218 g/mol.